The second-order valence-corrected chi connectivity index (χ2v) is 17.0. The molecule has 6 heteroatoms. The normalized spacial score (nSPS) is 13.1. The van der Waals surface area contributed by atoms with Gasteiger partial charge < -0.3 is 25.6 Å². The Labute approximate surface area is 339 Å². The Kier molecular flexibility index (Phi) is 43.9. The monoisotopic (exact) mass is 763 g/mol. The average Bonchev–Trinajstić information content (AvgIpc) is 3.70. The second kappa shape index (κ2) is 44.7. The molecule has 6 nitrogen and oxygen atoms in total. The van der Waals surface area contributed by atoms with Gasteiger partial charge in [-0.25, -0.2) is 0 Å². The maximum Gasteiger partial charge on any atom is 0.219 e. The van der Waals surface area contributed by atoms with E-state index in [9.17, 15) is 9.59 Å². The van der Waals surface area contributed by atoms with E-state index in [4.69, 9.17) is 5.73 Å². The SMILES string of the molecule is CCCCCCC(CCCN)CCCCCC.CCCCCCCCCCCNC(=O)CCCCCN(CCCCCCCC=O)CCCN1CCCC1. The van der Waals surface area contributed by atoms with E-state index < -0.39 is 0 Å². The molecule has 0 aromatic carbocycles. The first kappa shape index (κ1) is 53.0. The van der Waals surface area contributed by atoms with Crippen molar-refractivity contribution >= 4 is 12.2 Å². The van der Waals surface area contributed by atoms with Crippen molar-refractivity contribution in [3.05, 3.63) is 0 Å². The van der Waals surface area contributed by atoms with Gasteiger partial charge in [-0.15, -0.1) is 0 Å². The molecule has 322 valence electrons. The fourth-order valence-corrected chi connectivity index (χ4v) is 8.06. The van der Waals surface area contributed by atoms with E-state index in [1.165, 1.54) is 219 Å². The van der Waals surface area contributed by atoms with E-state index in [0.29, 0.717) is 6.42 Å². The number of carbonyl (C=O) groups is 2. The lowest BCUT2D eigenvalue weighted by atomic mass is 9.90. The molecule has 0 bridgehead atoms. The Balaban J connectivity index is 0.00000138. The van der Waals surface area contributed by atoms with Crippen molar-refractivity contribution in [2.75, 3.05) is 52.4 Å². The van der Waals surface area contributed by atoms with Gasteiger partial charge in [-0.2, -0.15) is 0 Å². The molecular formula is C48H98N4O2. The highest BCUT2D eigenvalue weighted by atomic mass is 16.1. The number of nitrogens with two attached hydrogens (primary N) is 1. The van der Waals surface area contributed by atoms with Crippen LogP contribution >= 0.6 is 0 Å². The largest absolute Gasteiger partial charge is 0.356 e. The molecule has 1 aliphatic rings. The first-order valence-corrected chi connectivity index (χ1v) is 24.5. The molecule has 0 aromatic rings. The molecule has 1 heterocycles. The van der Waals surface area contributed by atoms with Gasteiger partial charge in [-0.3, -0.25) is 4.79 Å². The highest BCUT2D eigenvalue weighted by Crippen LogP contribution is 2.22. The van der Waals surface area contributed by atoms with E-state index in [1.54, 1.807) is 0 Å². The van der Waals surface area contributed by atoms with Crippen molar-refractivity contribution in [3.63, 3.8) is 0 Å². The van der Waals surface area contributed by atoms with Crippen LogP contribution in [-0.2, 0) is 9.59 Å². The minimum atomic E-state index is 0.247. The van der Waals surface area contributed by atoms with Crippen LogP contribution in [0.4, 0.5) is 0 Å². The maximum atomic E-state index is 12.2. The predicted octanol–water partition coefficient (Wildman–Crippen LogP) is 12.8. The Bertz CT molecular complexity index is 732. The van der Waals surface area contributed by atoms with Gasteiger partial charge in [0.25, 0.3) is 0 Å². The van der Waals surface area contributed by atoms with E-state index >= 15 is 0 Å². The number of nitrogens with one attached hydrogen (secondary N) is 1. The summed E-state index contributed by atoms with van der Waals surface area (Å²) in [6, 6.07) is 0. The first-order valence-electron chi connectivity index (χ1n) is 24.5. The van der Waals surface area contributed by atoms with Gasteiger partial charge >= 0.3 is 0 Å². The lowest BCUT2D eigenvalue weighted by Gasteiger charge is -2.24. The third-order valence-corrected chi connectivity index (χ3v) is 11.7. The van der Waals surface area contributed by atoms with Crippen LogP contribution in [0.25, 0.3) is 0 Å². The molecule has 1 saturated heterocycles. The van der Waals surface area contributed by atoms with Crippen LogP contribution in [0.15, 0.2) is 0 Å². The van der Waals surface area contributed by atoms with Gasteiger partial charge in [0.05, 0.1) is 0 Å². The van der Waals surface area contributed by atoms with Crippen molar-refractivity contribution in [3.8, 4) is 0 Å². The van der Waals surface area contributed by atoms with E-state index in [-0.39, 0.29) is 5.91 Å². The van der Waals surface area contributed by atoms with Crippen molar-refractivity contribution < 1.29 is 9.59 Å². The lowest BCUT2D eigenvalue weighted by Crippen LogP contribution is -2.30. The number of unbranched alkanes of at least 4 members (excludes halogenated alkanes) is 21. The summed E-state index contributed by atoms with van der Waals surface area (Å²) in [7, 11) is 0. The Morgan fingerprint density at radius 3 is 1.61 bits per heavy atom. The minimum Gasteiger partial charge on any atom is -0.356 e. The Morgan fingerprint density at radius 2 is 1.06 bits per heavy atom. The Morgan fingerprint density at radius 1 is 0.593 bits per heavy atom. The van der Waals surface area contributed by atoms with Gasteiger partial charge in [0.1, 0.15) is 6.29 Å². The molecule has 1 rings (SSSR count). The smallest absolute Gasteiger partial charge is 0.219 e. The Hall–Kier alpha value is -0.980. The molecule has 0 aliphatic carbocycles. The third-order valence-electron chi connectivity index (χ3n) is 11.7. The molecular weight excluding hydrogens is 665 g/mol. The molecule has 0 saturated carbocycles. The van der Waals surface area contributed by atoms with Crippen LogP contribution in [0.1, 0.15) is 239 Å². The van der Waals surface area contributed by atoms with Crippen molar-refractivity contribution in [1.82, 2.24) is 15.1 Å². The molecule has 1 fully saturated rings. The molecule has 0 aromatic heterocycles. The summed E-state index contributed by atoms with van der Waals surface area (Å²) < 4.78 is 0. The fraction of sp³-hybridized carbons (Fsp3) is 0.958. The third kappa shape index (κ3) is 39.3. The van der Waals surface area contributed by atoms with Gasteiger partial charge in [-0.05, 0) is 116 Å². The van der Waals surface area contributed by atoms with Crippen molar-refractivity contribution in [2.45, 2.75) is 239 Å². The van der Waals surface area contributed by atoms with Crippen LogP contribution in [0.2, 0.25) is 0 Å². The average molecular weight is 763 g/mol. The summed E-state index contributed by atoms with van der Waals surface area (Å²) in [5.74, 6) is 1.21. The molecule has 0 unspecified atom stereocenters. The fourth-order valence-electron chi connectivity index (χ4n) is 8.06. The summed E-state index contributed by atoms with van der Waals surface area (Å²) in [6.45, 7) is 16.0. The molecule has 3 N–H and O–H groups in total. The number of likely N-dealkylation sites (tertiary alicyclic amines) is 1. The maximum absolute atomic E-state index is 12.2. The van der Waals surface area contributed by atoms with Crippen LogP contribution < -0.4 is 11.1 Å². The zero-order valence-corrected chi connectivity index (χ0v) is 37.1. The number of aldehydes is 1. The van der Waals surface area contributed by atoms with Gasteiger partial charge in [-0.1, -0.05) is 162 Å². The predicted molar refractivity (Wildman–Crippen MR) is 238 cm³/mol. The topological polar surface area (TPSA) is 78.7 Å². The number of amides is 1. The number of rotatable bonds is 41. The second-order valence-electron chi connectivity index (χ2n) is 17.0. The summed E-state index contributed by atoms with van der Waals surface area (Å²) in [5, 5.41) is 3.13. The van der Waals surface area contributed by atoms with E-state index in [1.807, 2.05) is 0 Å². The molecule has 0 spiro atoms. The number of carbonyl (C=O) groups excluding carboxylic acids is 2. The summed E-state index contributed by atoms with van der Waals surface area (Å²) >= 11 is 0. The molecule has 0 radical (unpaired) electrons. The number of nitrogens with zero attached hydrogens (tertiary/aromatic N) is 2. The molecule has 1 aliphatic heterocycles. The van der Waals surface area contributed by atoms with Crippen LogP contribution in [-0.4, -0.2) is 74.4 Å². The minimum absolute atomic E-state index is 0.247. The van der Waals surface area contributed by atoms with Gasteiger partial charge in [0.15, 0.2) is 0 Å². The highest BCUT2D eigenvalue weighted by Gasteiger charge is 2.12. The van der Waals surface area contributed by atoms with Gasteiger partial charge in [0.2, 0.25) is 5.91 Å². The standard InChI is InChI=1S/C32H63N3O2.C16H35N/c1-2-3-4-5-6-7-8-11-16-24-33-32(37)23-15-14-18-26-34(25-17-12-9-10-13-21-31-36)29-22-30-35-27-19-20-28-35;1-3-5-7-9-12-16(14-11-15-17)13-10-8-6-4-2/h31H,2-30H2,1H3,(H,33,37);16H,3-15,17H2,1-2H3. The highest BCUT2D eigenvalue weighted by molar-refractivity contribution is 5.75. The number of hydrogen-bond acceptors (Lipinski definition) is 5. The molecule has 0 atom stereocenters. The first-order chi connectivity index (χ1) is 26.6. The van der Waals surface area contributed by atoms with Gasteiger partial charge in [0, 0.05) is 19.4 Å². The summed E-state index contributed by atoms with van der Waals surface area (Å²) in [6.07, 6.45) is 44.6. The van der Waals surface area contributed by atoms with Crippen LogP contribution in [0.3, 0.4) is 0 Å². The lowest BCUT2D eigenvalue weighted by molar-refractivity contribution is -0.121. The van der Waals surface area contributed by atoms with Crippen LogP contribution in [0, 0.1) is 5.92 Å². The van der Waals surface area contributed by atoms with Crippen molar-refractivity contribution in [2.24, 2.45) is 11.7 Å². The van der Waals surface area contributed by atoms with Crippen LogP contribution in [0.5, 0.6) is 0 Å². The zero-order chi connectivity index (χ0) is 39.4. The van der Waals surface area contributed by atoms with E-state index in [0.717, 1.165) is 57.4 Å². The molecule has 1 amide bonds. The van der Waals surface area contributed by atoms with E-state index in [2.05, 4.69) is 35.9 Å². The summed E-state index contributed by atoms with van der Waals surface area (Å²) in [5.41, 5.74) is 5.63. The number of hydrogen-bond donors (Lipinski definition) is 2. The molecule has 54 heavy (non-hydrogen) atoms. The van der Waals surface area contributed by atoms with Crippen molar-refractivity contribution in [1.29, 1.82) is 0 Å². The quantitative estimate of drug-likeness (QED) is 0.0479. The summed E-state index contributed by atoms with van der Waals surface area (Å²) in [4.78, 5) is 27.9. The zero-order valence-electron chi connectivity index (χ0n) is 37.1.